The second-order valence-electron chi connectivity index (χ2n) is 7.33. The Bertz CT molecular complexity index is 974. The zero-order valence-electron chi connectivity index (χ0n) is 19.1. The Balaban J connectivity index is 0.000000479. The number of carbonyl (C=O) groups excluding carboxylic acids is 1. The molecular weight excluding hydrogens is 503 g/mol. The lowest BCUT2D eigenvalue weighted by Crippen LogP contribution is -3.11. The van der Waals surface area contributed by atoms with Crippen molar-refractivity contribution in [1.82, 2.24) is 4.90 Å². The molecule has 0 radical (unpaired) electrons. The topological polar surface area (TPSA) is 105 Å². The van der Waals surface area contributed by atoms with Gasteiger partial charge in [0.15, 0.2) is 0 Å². The number of carbonyl (C=O) groups is 1. The van der Waals surface area contributed by atoms with E-state index in [0.29, 0.717) is 20.8 Å². The number of hydrogen-bond donors (Lipinski definition) is 2. The van der Waals surface area contributed by atoms with Gasteiger partial charge in [-0.2, -0.15) is 0 Å². The maximum Gasteiger partial charge on any atom is 0.268 e. The number of para-hydroxylation sites is 1. The number of nitrogens with one attached hydrogen (secondary N) is 1. The van der Waals surface area contributed by atoms with Crippen LogP contribution >= 0.6 is 35.7 Å². The first kappa shape index (κ1) is 28.1. The van der Waals surface area contributed by atoms with Gasteiger partial charge in [0.2, 0.25) is 0 Å². The van der Waals surface area contributed by atoms with Gasteiger partial charge >= 0.3 is 0 Å². The van der Waals surface area contributed by atoms with Gasteiger partial charge in [-0.3, -0.25) is 9.69 Å². The van der Waals surface area contributed by atoms with Gasteiger partial charge in [0, 0.05) is 17.2 Å². The molecular formula is C21H31N3O5S4. The summed E-state index contributed by atoms with van der Waals surface area (Å²) in [6.45, 7) is 10.7. The van der Waals surface area contributed by atoms with Crippen LogP contribution in [0.15, 0.2) is 39.1 Å². The van der Waals surface area contributed by atoms with E-state index in [0.717, 1.165) is 10.6 Å². The summed E-state index contributed by atoms with van der Waals surface area (Å²) >= 11 is 7.81. The monoisotopic (exact) mass is 533 g/mol. The molecule has 0 aromatic heterocycles. The Morgan fingerprint density at radius 2 is 1.70 bits per heavy atom. The molecule has 1 amide bonds. The third-order valence-corrected chi connectivity index (χ3v) is 8.79. The Hall–Kier alpha value is -1.15. The van der Waals surface area contributed by atoms with E-state index in [1.165, 1.54) is 48.1 Å². The maximum absolute atomic E-state index is 12.7. The molecule has 0 spiro atoms. The number of thiocarbonyl (C=S) groups is 1. The third-order valence-electron chi connectivity index (χ3n) is 5.25. The number of thioether (sulfide) groups is 2. The number of fused-ring (bicyclic) bond motifs is 1. The van der Waals surface area contributed by atoms with Crippen LogP contribution in [0.2, 0.25) is 0 Å². The highest BCUT2D eigenvalue weighted by Crippen LogP contribution is 2.50. The summed E-state index contributed by atoms with van der Waals surface area (Å²) in [5, 5.41) is 9.79. The zero-order valence-corrected chi connectivity index (χ0v) is 22.3. The molecule has 33 heavy (non-hydrogen) atoms. The number of anilines is 1. The molecule has 0 bridgehead atoms. The lowest BCUT2D eigenvalue weighted by molar-refractivity contribution is -0.894. The number of aliphatic hydroxyl groups excluding tert-OH is 1. The molecule has 2 aliphatic heterocycles. The predicted molar refractivity (Wildman–Crippen MR) is 137 cm³/mol. The summed E-state index contributed by atoms with van der Waals surface area (Å²) < 4.78 is 33.1. The third kappa shape index (κ3) is 7.67. The van der Waals surface area contributed by atoms with Gasteiger partial charge in [0.1, 0.15) is 14.3 Å². The quantitative estimate of drug-likeness (QED) is 0.277. The summed E-state index contributed by atoms with van der Waals surface area (Å²) in [6, 6.07) is 7.54. The van der Waals surface area contributed by atoms with Gasteiger partial charge in [0.25, 0.3) is 5.91 Å². The van der Waals surface area contributed by atoms with Crippen molar-refractivity contribution in [2.75, 3.05) is 50.0 Å². The fourth-order valence-corrected chi connectivity index (χ4v) is 6.52. The van der Waals surface area contributed by atoms with E-state index in [9.17, 15) is 17.8 Å². The number of nitrogens with zero attached hydrogens (tertiary/aromatic N) is 2. The van der Waals surface area contributed by atoms with E-state index in [-0.39, 0.29) is 25.5 Å². The van der Waals surface area contributed by atoms with E-state index >= 15 is 0 Å². The highest BCUT2D eigenvalue weighted by molar-refractivity contribution is 8.27. The molecule has 0 saturated carbocycles. The normalized spacial score (nSPS) is 18.1. The molecule has 0 unspecified atom stereocenters. The number of quaternary nitrogens is 1. The minimum atomic E-state index is -4.29. The molecule has 1 fully saturated rings. The highest BCUT2D eigenvalue weighted by atomic mass is 32.2. The zero-order chi connectivity index (χ0) is 24.6. The Kier molecular flexibility index (Phi) is 11.1. The first-order chi connectivity index (χ1) is 15.7. The molecule has 1 aromatic rings. The molecule has 2 heterocycles. The maximum atomic E-state index is 12.7. The average Bonchev–Trinajstić information content (AvgIpc) is 3.27. The van der Waals surface area contributed by atoms with Crippen molar-refractivity contribution in [3.05, 3.63) is 34.2 Å². The number of rotatable bonds is 9. The lowest BCUT2D eigenvalue weighted by atomic mass is 10.3. The first-order valence-corrected chi connectivity index (χ1v) is 14.5. The van der Waals surface area contributed by atoms with E-state index in [4.69, 9.17) is 17.3 Å². The van der Waals surface area contributed by atoms with Crippen LogP contribution in [0, 0.1) is 0 Å². The van der Waals surface area contributed by atoms with Crippen molar-refractivity contribution < 1.29 is 27.8 Å². The SMILES string of the molecule is CC[NH+](CC)CC.O=C1C(=C2Sc3ccccc3N2CCCS(=O)(=O)[O-])SC(=S)N1CCO. The van der Waals surface area contributed by atoms with Crippen molar-refractivity contribution in [1.29, 1.82) is 0 Å². The largest absolute Gasteiger partial charge is 0.748 e. The molecule has 2 aliphatic rings. The number of aliphatic hydroxyl groups is 1. The number of benzene rings is 1. The summed E-state index contributed by atoms with van der Waals surface area (Å²) in [7, 11) is -4.29. The van der Waals surface area contributed by atoms with Crippen molar-refractivity contribution in [3.63, 3.8) is 0 Å². The van der Waals surface area contributed by atoms with Crippen molar-refractivity contribution in [2.45, 2.75) is 32.1 Å². The van der Waals surface area contributed by atoms with Crippen LogP contribution < -0.4 is 9.80 Å². The van der Waals surface area contributed by atoms with Gasteiger partial charge < -0.3 is 19.5 Å². The summed E-state index contributed by atoms with van der Waals surface area (Å²) in [4.78, 5) is 19.0. The summed E-state index contributed by atoms with van der Waals surface area (Å²) in [5.41, 5.74) is 0.864. The summed E-state index contributed by atoms with van der Waals surface area (Å²) in [5.74, 6) is -0.736. The van der Waals surface area contributed by atoms with Crippen LogP contribution in [0.1, 0.15) is 27.2 Å². The van der Waals surface area contributed by atoms with Crippen LogP contribution in [0.25, 0.3) is 0 Å². The molecule has 1 saturated heterocycles. The van der Waals surface area contributed by atoms with Crippen molar-refractivity contribution >= 4 is 61.8 Å². The van der Waals surface area contributed by atoms with Crippen LogP contribution in [-0.2, 0) is 14.9 Å². The highest BCUT2D eigenvalue weighted by Gasteiger charge is 2.38. The van der Waals surface area contributed by atoms with Gasteiger partial charge in [-0.1, -0.05) is 47.9 Å². The minimum absolute atomic E-state index is 0.132. The Morgan fingerprint density at radius 1 is 1.06 bits per heavy atom. The van der Waals surface area contributed by atoms with Gasteiger partial charge in [-0.15, -0.1) is 0 Å². The van der Waals surface area contributed by atoms with Gasteiger partial charge in [-0.05, 0) is 39.3 Å². The lowest BCUT2D eigenvalue weighted by Gasteiger charge is -2.22. The van der Waals surface area contributed by atoms with Gasteiger partial charge in [-0.25, -0.2) is 8.42 Å². The van der Waals surface area contributed by atoms with Crippen LogP contribution in [0.3, 0.4) is 0 Å². The van der Waals surface area contributed by atoms with Crippen molar-refractivity contribution in [2.24, 2.45) is 0 Å². The van der Waals surface area contributed by atoms with Crippen LogP contribution in [-0.4, -0.2) is 78.3 Å². The molecule has 8 nitrogen and oxygen atoms in total. The van der Waals surface area contributed by atoms with Crippen LogP contribution in [0.5, 0.6) is 0 Å². The molecule has 12 heteroatoms. The Labute approximate surface area is 210 Å². The Morgan fingerprint density at radius 3 is 2.24 bits per heavy atom. The molecule has 2 N–H and O–H groups in total. The van der Waals surface area contributed by atoms with Crippen LogP contribution in [0.4, 0.5) is 5.69 Å². The summed E-state index contributed by atoms with van der Waals surface area (Å²) in [6.07, 6.45) is 0.154. The molecule has 3 rings (SSSR count). The second kappa shape index (κ2) is 13.1. The standard InChI is InChI=1S/C15H16N2O5S4.C6H15N/c18-8-7-17-13(19)12(25-15(17)23)14-16(6-3-9-26(20,21)22)10-4-1-2-5-11(10)24-14;1-4-7(5-2)6-3/h1-2,4-5,18H,3,6-9H2,(H,20,21,22);4-6H2,1-3H3. The average molecular weight is 534 g/mol. The number of β-amino-alcohol motifs (C(OH)–C–C–N with tert-alkyl or cyclic N) is 1. The van der Waals surface area contributed by atoms with E-state index in [2.05, 4.69) is 20.8 Å². The van der Waals surface area contributed by atoms with Gasteiger partial charge in [0.05, 0.1) is 48.6 Å². The fourth-order valence-electron chi connectivity index (χ4n) is 3.39. The van der Waals surface area contributed by atoms with E-state index < -0.39 is 15.9 Å². The molecule has 0 aliphatic carbocycles. The van der Waals surface area contributed by atoms with E-state index in [1.807, 2.05) is 29.2 Å². The smallest absolute Gasteiger partial charge is 0.268 e. The molecule has 1 aromatic carbocycles. The molecule has 0 atom stereocenters. The minimum Gasteiger partial charge on any atom is -0.748 e. The van der Waals surface area contributed by atoms with E-state index in [1.54, 1.807) is 4.90 Å². The number of hydrogen-bond acceptors (Lipinski definition) is 9. The number of amides is 1. The molecule has 184 valence electrons. The predicted octanol–water partition coefficient (Wildman–Crippen LogP) is 1.49. The fraction of sp³-hybridized carbons (Fsp3) is 0.524. The van der Waals surface area contributed by atoms with Crippen molar-refractivity contribution in [3.8, 4) is 0 Å². The first-order valence-electron chi connectivity index (χ1n) is 10.9. The second-order valence-corrected chi connectivity index (χ2v) is 11.5.